The minimum atomic E-state index is 0.177. The molecule has 0 spiro atoms. The number of fused-ring (bicyclic) bond motifs is 6. The molecule has 0 radical (unpaired) electrons. The van der Waals surface area contributed by atoms with Crippen molar-refractivity contribution < 1.29 is 0 Å². The second-order valence-corrected chi connectivity index (χ2v) is 14.4. The highest BCUT2D eigenvalue weighted by atomic mass is 15.0. The van der Waals surface area contributed by atoms with Crippen LogP contribution < -0.4 is 5.73 Å². The fourth-order valence-electron chi connectivity index (χ4n) is 8.12. The summed E-state index contributed by atoms with van der Waals surface area (Å²) in [4.78, 5) is 13.6. The first-order valence-corrected chi connectivity index (χ1v) is 18.9. The van der Waals surface area contributed by atoms with Gasteiger partial charge in [0, 0.05) is 51.5 Å². The average molecular weight is 715 g/mol. The van der Waals surface area contributed by atoms with E-state index >= 15 is 0 Å². The molecule has 6 nitrogen and oxygen atoms in total. The Labute approximate surface area is 321 Å². The fraction of sp³-hybridized carbons (Fsp3) is 0.122. The highest BCUT2D eigenvalue weighted by molar-refractivity contribution is 6.10. The minimum absolute atomic E-state index is 0.177. The molecule has 9 rings (SSSR count). The molecule has 5 aromatic heterocycles. The lowest BCUT2D eigenvalue weighted by Gasteiger charge is -2.19. The lowest BCUT2D eigenvalue weighted by atomic mass is 9.86. The molecule has 0 saturated carbocycles. The van der Waals surface area contributed by atoms with Crippen LogP contribution in [0.15, 0.2) is 177 Å². The summed E-state index contributed by atoms with van der Waals surface area (Å²) in [6.07, 6.45) is 25.4. The number of aromatic nitrogens is 5. The van der Waals surface area contributed by atoms with Gasteiger partial charge in [0.15, 0.2) is 0 Å². The standard InChI is InChI=1S/C49H42N6/c1-3-37(29-34-9-8-10-38(19-15-34)54-46-13-6-4-11-40(46)42-23-25-51-31-48(42)54)33(2)27-44(50)45-22-18-36(30-53-45)28-35-16-20-39(21-17-35)55-47-14-7-5-12-41(47)43-24-26-52-32-49(43)55/h3-7,9-27,30-33,37H,1,8,28-29,50H2,2H3/b44-27-. The van der Waals surface area contributed by atoms with Gasteiger partial charge in [-0.05, 0) is 90.8 Å². The molecule has 2 unspecified atom stereocenters. The van der Waals surface area contributed by atoms with Crippen molar-refractivity contribution in [1.29, 1.82) is 0 Å². The first-order valence-electron chi connectivity index (χ1n) is 18.9. The van der Waals surface area contributed by atoms with Gasteiger partial charge in [-0.3, -0.25) is 15.0 Å². The van der Waals surface area contributed by atoms with Gasteiger partial charge in [-0.2, -0.15) is 0 Å². The molecule has 8 aromatic rings. The van der Waals surface area contributed by atoms with E-state index in [1.54, 1.807) is 0 Å². The SMILES string of the molecule is C=CC(CC1=CCC=C(n2c3ccccc3c3ccncc32)C=C1)C(C)/C=C(\N)c1ccc(Cc2ccc(-n3c4ccccc4c4ccncc43)cc2)cn1. The molecule has 0 bridgehead atoms. The number of allylic oxidation sites excluding steroid dienone is 8. The van der Waals surface area contributed by atoms with Gasteiger partial charge in [0.05, 0.1) is 45.9 Å². The highest BCUT2D eigenvalue weighted by Crippen LogP contribution is 2.34. The predicted molar refractivity (Wildman–Crippen MR) is 229 cm³/mol. The summed E-state index contributed by atoms with van der Waals surface area (Å²) in [5, 5.41) is 4.89. The normalized spacial score (nSPS) is 14.6. The summed E-state index contributed by atoms with van der Waals surface area (Å²) in [6.45, 7) is 6.42. The molecule has 3 aromatic carbocycles. The van der Waals surface area contributed by atoms with E-state index in [2.05, 4.69) is 160 Å². The van der Waals surface area contributed by atoms with Gasteiger partial charge in [-0.1, -0.05) is 97.5 Å². The molecule has 0 saturated heterocycles. The number of hydrogen-bond donors (Lipinski definition) is 1. The van der Waals surface area contributed by atoms with Gasteiger partial charge >= 0.3 is 0 Å². The molecule has 5 heterocycles. The Balaban J connectivity index is 0.860. The number of rotatable bonds is 10. The number of nitrogens with zero attached hydrogens (tertiary/aromatic N) is 5. The van der Waals surface area contributed by atoms with Crippen molar-refractivity contribution in [2.45, 2.75) is 26.2 Å². The van der Waals surface area contributed by atoms with Crippen molar-refractivity contribution in [3.8, 4) is 5.69 Å². The smallest absolute Gasteiger partial charge is 0.0855 e. The van der Waals surface area contributed by atoms with Gasteiger partial charge in [0.1, 0.15) is 0 Å². The first-order chi connectivity index (χ1) is 27.1. The van der Waals surface area contributed by atoms with Gasteiger partial charge in [0.2, 0.25) is 0 Å². The van der Waals surface area contributed by atoms with Crippen LogP contribution in [0.1, 0.15) is 36.6 Å². The van der Waals surface area contributed by atoms with Crippen LogP contribution in [0.2, 0.25) is 0 Å². The van der Waals surface area contributed by atoms with E-state index < -0.39 is 0 Å². The predicted octanol–water partition coefficient (Wildman–Crippen LogP) is 11.2. The molecule has 2 atom stereocenters. The largest absolute Gasteiger partial charge is 0.397 e. The molecule has 0 aliphatic heterocycles. The zero-order chi connectivity index (χ0) is 37.3. The third kappa shape index (κ3) is 6.46. The molecule has 55 heavy (non-hydrogen) atoms. The van der Waals surface area contributed by atoms with Gasteiger partial charge in [-0.15, -0.1) is 6.58 Å². The Hall–Kier alpha value is -6.79. The van der Waals surface area contributed by atoms with Crippen LogP contribution in [0.5, 0.6) is 0 Å². The minimum Gasteiger partial charge on any atom is -0.397 e. The quantitative estimate of drug-likeness (QED) is 0.143. The second-order valence-electron chi connectivity index (χ2n) is 14.4. The van der Waals surface area contributed by atoms with Crippen molar-refractivity contribution >= 4 is 55.0 Å². The Bertz CT molecular complexity index is 2720. The van der Waals surface area contributed by atoms with Crippen LogP contribution in [0.3, 0.4) is 0 Å². The number of hydrogen-bond acceptors (Lipinski definition) is 4. The summed E-state index contributed by atoms with van der Waals surface area (Å²) >= 11 is 0. The monoisotopic (exact) mass is 714 g/mol. The maximum Gasteiger partial charge on any atom is 0.0855 e. The maximum absolute atomic E-state index is 6.67. The second kappa shape index (κ2) is 14.6. The van der Waals surface area contributed by atoms with Crippen LogP contribution >= 0.6 is 0 Å². The van der Waals surface area contributed by atoms with E-state index in [1.165, 1.54) is 43.7 Å². The van der Waals surface area contributed by atoms with E-state index in [0.29, 0.717) is 5.70 Å². The number of benzene rings is 3. The Morgan fingerprint density at radius 2 is 1.35 bits per heavy atom. The lowest BCUT2D eigenvalue weighted by Crippen LogP contribution is -2.11. The third-order valence-corrected chi connectivity index (χ3v) is 11.0. The van der Waals surface area contributed by atoms with Crippen LogP contribution in [0.25, 0.3) is 60.7 Å². The highest BCUT2D eigenvalue weighted by Gasteiger charge is 2.17. The zero-order valence-corrected chi connectivity index (χ0v) is 30.9. The summed E-state index contributed by atoms with van der Waals surface area (Å²) in [7, 11) is 0. The van der Waals surface area contributed by atoms with Crippen molar-refractivity contribution in [3.05, 3.63) is 193 Å². The molecule has 6 heteroatoms. The third-order valence-electron chi connectivity index (χ3n) is 11.0. The summed E-state index contributed by atoms with van der Waals surface area (Å²) in [6, 6.07) is 34.2. The maximum atomic E-state index is 6.67. The van der Waals surface area contributed by atoms with E-state index in [-0.39, 0.29) is 11.8 Å². The molecular formula is C49H42N6. The van der Waals surface area contributed by atoms with E-state index in [9.17, 15) is 0 Å². The van der Waals surface area contributed by atoms with Gasteiger partial charge in [-0.25, -0.2) is 0 Å². The van der Waals surface area contributed by atoms with E-state index in [0.717, 1.165) is 52.9 Å². The van der Waals surface area contributed by atoms with E-state index in [1.807, 2.05) is 37.1 Å². The Morgan fingerprint density at radius 3 is 2.02 bits per heavy atom. The number of nitrogens with two attached hydrogens (primary N) is 1. The average Bonchev–Trinajstić information content (AvgIpc) is 3.63. The van der Waals surface area contributed by atoms with Gasteiger partial charge < -0.3 is 14.9 Å². The van der Waals surface area contributed by atoms with Crippen LogP contribution in [-0.2, 0) is 6.42 Å². The molecule has 2 N–H and O–H groups in total. The van der Waals surface area contributed by atoms with Crippen LogP contribution in [0.4, 0.5) is 0 Å². The fourth-order valence-corrected chi connectivity index (χ4v) is 8.12. The first kappa shape index (κ1) is 34.0. The summed E-state index contributed by atoms with van der Waals surface area (Å²) in [5.74, 6) is 0.394. The molecule has 0 amide bonds. The van der Waals surface area contributed by atoms with E-state index in [4.69, 9.17) is 10.7 Å². The van der Waals surface area contributed by atoms with Crippen LogP contribution in [0, 0.1) is 11.8 Å². The number of para-hydroxylation sites is 2. The van der Waals surface area contributed by atoms with Crippen LogP contribution in [-0.4, -0.2) is 24.1 Å². The number of pyridine rings is 3. The lowest BCUT2D eigenvalue weighted by molar-refractivity contribution is 0.512. The Kier molecular flexibility index (Phi) is 9.00. The summed E-state index contributed by atoms with van der Waals surface area (Å²) in [5.41, 5.74) is 18.6. The van der Waals surface area contributed by atoms with Gasteiger partial charge in [0.25, 0.3) is 0 Å². The topological polar surface area (TPSA) is 74.6 Å². The van der Waals surface area contributed by atoms with Crippen molar-refractivity contribution in [2.24, 2.45) is 17.6 Å². The molecule has 268 valence electrons. The molecule has 1 aliphatic carbocycles. The summed E-state index contributed by atoms with van der Waals surface area (Å²) < 4.78 is 4.61. The Morgan fingerprint density at radius 1 is 0.709 bits per heavy atom. The molecule has 1 aliphatic rings. The van der Waals surface area contributed by atoms with Crippen molar-refractivity contribution in [3.63, 3.8) is 0 Å². The van der Waals surface area contributed by atoms with Crippen molar-refractivity contribution in [1.82, 2.24) is 24.1 Å². The molecular weight excluding hydrogens is 673 g/mol. The molecule has 0 fully saturated rings. The van der Waals surface area contributed by atoms with Crippen molar-refractivity contribution in [2.75, 3.05) is 0 Å². The zero-order valence-electron chi connectivity index (χ0n) is 30.9.